The second-order valence-corrected chi connectivity index (χ2v) is 4.44. The molecule has 0 bridgehead atoms. The minimum Gasteiger partial charge on any atom is -0.371 e. The maximum atomic E-state index is 6.06. The topological polar surface area (TPSA) is 21.8 Å². The van der Waals surface area contributed by atoms with Crippen LogP contribution >= 0.6 is 23.2 Å². The zero-order valence-corrected chi connectivity index (χ0v) is 9.89. The van der Waals surface area contributed by atoms with Gasteiger partial charge in [0.15, 0.2) is 0 Å². The first-order chi connectivity index (χ1) is 7.16. The third-order valence-electron chi connectivity index (χ3n) is 2.33. The molecule has 2 nitrogen and oxygen atoms in total. The number of ether oxygens (including phenoxy) is 2. The van der Waals surface area contributed by atoms with Gasteiger partial charge in [0.05, 0.1) is 19.3 Å². The van der Waals surface area contributed by atoms with E-state index in [1.807, 2.05) is 19.1 Å². The molecule has 0 radical (unpaired) electrons. The Morgan fingerprint density at radius 2 is 2.27 bits per heavy atom. The summed E-state index contributed by atoms with van der Waals surface area (Å²) in [5.41, 5.74) is 0.960. The van der Waals surface area contributed by atoms with Crippen LogP contribution < -0.4 is 0 Å². The molecule has 1 aliphatic rings. The number of benzene rings is 1. The van der Waals surface area contributed by atoms with Gasteiger partial charge in [0.2, 0.25) is 0 Å². The van der Waals surface area contributed by atoms with Crippen molar-refractivity contribution < 1.29 is 9.47 Å². The van der Waals surface area contributed by atoms with Crippen LogP contribution in [-0.4, -0.2) is 19.3 Å². The third-order valence-corrected chi connectivity index (χ3v) is 2.90. The van der Waals surface area contributed by atoms with E-state index in [0.29, 0.717) is 16.7 Å². The SMILES string of the molecule is C[C@@H](OC[C@H]1CO1)c1ccc(Cl)cc1Cl. The van der Waals surface area contributed by atoms with Gasteiger partial charge in [-0.25, -0.2) is 0 Å². The fraction of sp³-hybridized carbons (Fsp3) is 0.455. The largest absolute Gasteiger partial charge is 0.371 e. The Bertz CT molecular complexity index is 350. The van der Waals surface area contributed by atoms with E-state index in [1.54, 1.807) is 6.07 Å². The van der Waals surface area contributed by atoms with Gasteiger partial charge in [0.1, 0.15) is 6.10 Å². The first-order valence-corrected chi connectivity index (χ1v) is 5.60. The summed E-state index contributed by atoms with van der Waals surface area (Å²) in [5, 5.41) is 1.29. The van der Waals surface area contributed by atoms with Gasteiger partial charge in [-0.05, 0) is 24.6 Å². The summed E-state index contributed by atoms with van der Waals surface area (Å²) in [7, 11) is 0. The van der Waals surface area contributed by atoms with Crippen LogP contribution in [0, 0.1) is 0 Å². The van der Waals surface area contributed by atoms with Crippen molar-refractivity contribution in [2.75, 3.05) is 13.2 Å². The van der Waals surface area contributed by atoms with E-state index < -0.39 is 0 Å². The highest BCUT2D eigenvalue weighted by molar-refractivity contribution is 6.35. The number of rotatable bonds is 4. The summed E-state index contributed by atoms with van der Waals surface area (Å²) in [5.74, 6) is 0. The zero-order chi connectivity index (χ0) is 10.8. The Labute approximate surface area is 99.1 Å². The van der Waals surface area contributed by atoms with Crippen molar-refractivity contribution >= 4 is 23.2 Å². The highest BCUT2D eigenvalue weighted by atomic mass is 35.5. The summed E-state index contributed by atoms with van der Waals surface area (Å²) in [6, 6.07) is 5.44. The van der Waals surface area contributed by atoms with E-state index in [4.69, 9.17) is 32.7 Å². The van der Waals surface area contributed by atoms with Crippen LogP contribution in [0.5, 0.6) is 0 Å². The first-order valence-electron chi connectivity index (χ1n) is 4.85. The molecular formula is C11H12Cl2O2. The van der Waals surface area contributed by atoms with Crippen LogP contribution in [0.3, 0.4) is 0 Å². The molecule has 1 aromatic carbocycles. The average molecular weight is 247 g/mol. The molecule has 2 rings (SSSR count). The molecule has 0 aliphatic carbocycles. The summed E-state index contributed by atoms with van der Waals surface area (Å²) >= 11 is 11.9. The van der Waals surface area contributed by atoms with Crippen molar-refractivity contribution in [2.45, 2.75) is 19.1 Å². The summed E-state index contributed by atoms with van der Waals surface area (Å²) in [6.45, 7) is 3.40. The molecule has 1 aromatic rings. The van der Waals surface area contributed by atoms with Crippen molar-refractivity contribution in [1.82, 2.24) is 0 Å². The van der Waals surface area contributed by atoms with E-state index in [0.717, 1.165) is 12.2 Å². The van der Waals surface area contributed by atoms with E-state index in [-0.39, 0.29) is 12.2 Å². The molecule has 0 aromatic heterocycles. The summed E-state index contributed by atoms with van der Waals surface area (Å²) in [4.78, 5) is 0. The highest BCUT2D eigenvalue weighted by Crippen LogP contribution is 2.28. The van der Waals surface area contributed by atoms with Crippen LogP contribution in [0.15, 0.2) is 18.2 Å². The van der Waals surface area contributed by atoms with Gasteiger partial charge in [-0.3, -0.25) is 0 Å². The molecule has 0 unspecified atom stereocenters. The quantitative estimate of drug-likeness (QED) is 0.760. The lowest BCUT2D eigenvalue weighted by Gasteiger charge is -2.14. The third kappa shape index (κ3) is 3.08. The van der Waals surface area contributed by atoms with Crippen molar-refractivity contribution in [3.05, 3.63) is 33.8 Å². The van der Waals surface area contributed by atoms with Crippen LogP contribution in [-0.2, 0) is 9.47 Å². The first kappa shape index (κ1) is 11.2. The van der Waals surface area contributed by atoms with E-state index in [9.17, 15) is 0 Å². The predicted octanol–water partition coefficient (Wildman–Crippen LogP) is 3.47. The number of halogens is 2. The normalized spacial score (nSPS) is 21.4. The Morgan fingerprint density at radius 1 is 1.53 bits per heavy atom. The molecule has 82 valence electrons. The van der Waals surface area contributed by atoms with Crippen molar-refractivity contribution in [2.24, 2.45) is 0 Å². The fourth-order valence-electron chi connectivity index (χ4n) is 1.34. The lowest BCUT2D eigenvalue weighted by Crippen LogP contribution is -2.06. The maximum Gasteiger partial charge on any atom is 0.104 e. The Kier molecular flexibility index (Phi) is 3.52. The number of hydrogen-bond acceptors (Lipinski definition) is 2. The van der Waals surface area contributed by atoms with Crippen molar-refractivity contribution in [1.29, 1.82) is 0 Å². The second kappa shape index (κ2) is 4.71. The molecule has 0 spiro atoms. The molecule has 1 fully saturated rings. The van der Waals surface area contributed by atoms with Crippen LogP contribution in [0.4, 0.5) is 0 Å². The molecule has 0 amide bonds. The van der Waals surface area contributed by atoms with Gasteiger partial charge in [-0.15, -0.1) is 0 Å². The molecular weight excluding hydrogens is 235 g/mol. The van der Waals surface area contributed by atoms with Gasteiger partial charge in [0, 0.05) is 10.0 Å². The molecule has 0 saturated carbocycles. The van der Waals surface area contributed by atoms with Gasteiger partial charge in [-0.1, -0.05) is 29.3 Å². The standard InChI is InChI=1S/C11H12Cl2O2/c1-7(14-5-9-6-15-9)10-3-2-8(12)4-11(10)13/h2-4,7,9H,5-6H2,1H3/t7-,9+/m1/s1. The van der Waals surface area contributed by atoms with E-state index in [2.05, 4.69) is 0 Å². The monoisotopic (exact) mass is 246 g/mol. The maximum absolute atomic E-state index is 6.06. The van der Waals surface area contributed by atoms with Crippen LogP contribution in [0.2, 0.25) is 10.0 Å². The van der Waals surface area contributed by atoms with Crippen molar-refractivity contribution in [3.63, 3.8) is 0 Å². The molecule has 4 heteroatoms. The molecule has 15 heavy (non-hydrogen) atoms. The minimum absolute atomic E-state index is 0.0287. The summed E-state index contributed by atoms with van der Waals surface area (Å²) in [6.07, 6.45) is 0.248. The van der Waals surface area contributed by atoms with Gasteiger partial charge < -0.3 is 9.47 Å². The minimum atomic E-state index is -0.0287. The van der Waals surface area contributed by atoms with Crippen LogP contribution in [0.1, 0.15) is 18.6 Å². The highest BCUT2D eigenvalue weighted by Gasteiger charge is 2.24. The molecule has 0 N–H and O–H groups in total. The van der Waals surface area contributed by atoms with Gasteiger partial charge in [-0.2, -0.15) is 0 Å². The summed E-state index contributed by atoms with van der Waals surface area (Å²) < 4.78 is 10.7. The molecule has 1 aliphatic heterocycles. The van der Waals surface area contributed by atoms with E-state index >= 15 is 0 Å². The fourth-order valence-corrected chi connectivity index (χ4v) is 1.90. The Balaban J connectivity index is 1.99. The number of hydrogen-bond donors (Lipinski definition) is 0. The van der Waals surface area contributed by atoms with Gasteiger partial charge >= 0.3 is 0 Å². The smallest absolute Gasteiger partial charge is 0.104 e. The number of epoxide rings is 1. The van der Waals surface area contributed by atoms with Crippen LogP contribution in [0.25, 0.3) is 0 Å². The molecule has 1 saturated heterocycles. The van der Waals surface area contributed by atoms with Crippen molar-refractivity contribution in [3.8, 4) is 0 Å². The Morgan fingerprint density at radius 3 is 2.87 bits per heavy atom. The average Bonchev–Trinajstić information content (AvgIpc) is 2.97. The van der Waals surface area contributed by atoms with E-state index in [1.165, 1.54) is 0 Å². The lowest BCUT2D eigenvalue weighted by atomic mass is 10.1. The lowest BCUT2D eigenvalue weighted by molar-refractivity contribution is 0.0540. The molecule has 1 heterocycles. The molecule has 2 atom stereocenters. The predicted molar refractivity (Wildman–Crippen MR) is 60.6 cm³/mol. The second-order valence-electron chi connectivity index (χ2n) is 3.60. The zero-order valence-electron chi connectivity index (χ0n) is 8.37. The van der Waals surface area contributed by atoms with Gasteiger partial charge in [0.25, 0.3) is 0 Å². The Hall–Kier alpha value is -0.280.